The first-order valence-electron chi connectivity index (χ1n) is 10.3. The number of nitrogens with zero attached hydrogens (tertiary/aromatic N) is 6. The Kier molecular flexibility index (Phi) is 5.33. The third-order valence-corrected chi connectivity index (χ3v) is 5.21. The molecule has 4 aromatic heterocycles. The van der Waals surface area contributed by atoms with Crippen molar-refractivity contribution < 1.29 is 9.13 Å². The molecule has 0 amide bonds. The lowest BCUT2D eigenvalue weighted by Crippen LogP contribution is -2.09. The third kappa shape index (κ3) is 3.82. The summed E-state index contributed by atoms with van der Waals surface area (Å²) >= 11 is 0. The second kappa shape index (κ2) is 8.58. The first-order valence-corrected chi connectivity index (χ1v) is 10.3. The summed E-state index contributed by atoms with van der Waals surface area (Å²) in [6.45, 7) is -0.0716. The number of pyridine rings is 2. The number of halogens is 1. The molecule has 1 aromatic carbocycles. The molecule has 0 radical (unpaired) electrons. The van der Waals surface area contributed by atoms with E-state index < -0.39 is 6.67 Å². The van der Waals surface area contributed by atoms with E-state index >= 15 is 0 Å². The van der Waals surface area contributed by atoms with Crippen LogP contribution < -0.4 is 4.74 Å². The summed E-state index contributed by atoms with van der Waals surface area (Å²) in [5, 5.41) is 4.64. The first-order chi connectivity index (χ1) is 15.7. The number of hydrogen-bond donors (Lipinski definition) is 0. The molecule has 8 heteroatoms. The smallest absolute Gasteiger partial charge is 0.160 e. The number of hydrogen-bond acceptors (Lipinski definition) is 5. The van der Waals surface area contributed by atoms with Crippen LogP contribution in [0.5, 0.6) is 5.75 Å². The van der Waals surface area contributed by atoms with E-state index in [9.17, 15) is 4.39 Å². The van der Waals surface area contributed by atoms with Gasteiger partial charge in [-0.1, -0.05) is 0 Å². The van der Waals surface area contributed by atoms with Crippen molar-refractivity contribution in [2.75, 3.05) is 6.67 Å². The summed E-state index contributed by atoms with van der Waals surface area (Å²) in [5.74, 6) is 1.34. The summed E-state index contributed by atoms with van der Waals surface area (Å²) < 4.78 is 22.6. The highest BCUT2D eigenvalue weighted by Crippen LogP contribution is 2.31. The molecule has 5 aromatic rings. The zero-order valence-corrected chi connectivity index (χ0v) is 17.5. The molecule has 0 saturated carbocycles. The number of fused-ring (bicyclic) bond motifs is 1. The molecule has 160 valence electrons. The highest BCUT2D eigenvalue weighted by molar-refractivity contribution is 5.80. The Hall–Kier alpha value is -4.07. The van der Waals surface area contributed by atoms with Crippen molar-refractivity contribution in [1.29, 1.82) is 0 Å². The Balaban J connectivity index is 1.37. The van der Waals surface area contributed by atoms with Gasteiger partial charge in [0.15, 0.2) is 5.65 Å². The SMILES string of the molecule is Cn1cc(-c2ccncc2)c(-c2ccc(OCc3nc4cccnc4n3CCF)cc2)n1. The molecule has 0 aliphatic rings. The lowest BCUT2D eigenvalue weighted by Gasteiger charge is -2.09. The average molecular weight is 428 g/mol. The first kappa shape index (κ1) is 19.9. The van der Waals surface area contributed by atoms with Crippen LogP contribution in [-0.4, -0.2) is 36.0 Å². The largest absolute Gasteiger partial charge is 0.486 e. The number of benzene rings is 1. The highest BCUT2D eigenvalue weighted by Gasteiger charge is 2.14. The fraction of sp³-hybridized carbons (Fsp3) is 0.167. The van der Waals surface area contributed by atoms with Gasteiger partial charge in [-0.05, 0) is 54.1 Å². The molecule has 0 aliphatic carbocycles. The number of ether oxygens (including phenoxy) is 1. The zero-order valence-electron chi connectivity index (χ0n) is 17.5. The molecule has 5 rings (SSSR count). The Morgan fingerprint density at radius 3 is 2.56 bits per heavy atom. The van der Waals surface area contributed by atoms with Gasteiger partial charge in [-0.15, -0.1) is 0 Å². The molecule has 4 heterocycles. The van der Waals surface area contributed by atoms with Crippen LogP contribution in [0, 0.1) is 0 Å². The lowest BCUT2D eigenvalue weighted by molar-refractivity contribution is 0.287. The number of aromatic nitrogens is 6. The number of alkyl halides is 1. The molecule has 32 heavy (non-hydrogen) atoms. The van der Waals surface area contributed by atoms with Gasteiger partial charge in [-0.3, -0.25) is 9.67 Å². The van der Waals surface area contributed by atoms with Gasteiger partial charge in [0.2, 0.25) is 0 Å². The van der Waals surface area contributed by atoms with Crippen LogP contribution in [0.4, 0.5) is 4.39 Å². The van der Waals surface area contributed by atoms with Gasteiger partial charge < -0.3 is 9.30 Å². The Morgan fingerprint density at radius 2 is 1.78 bits per heavy atom. The van der Waals surface area contributed by atoms with Crippen LogP contribution in [0.25, 0.3) is 33.5 Å². The van der Waals surface area contributed by atoms with E-state index in [4.69, 9.17) is 4.74 Å². The molecule has 0 atom stereocenters. The second-order valence-electron chi connectivity index (χ2n) is 7.33. The van der Waals surface area contributed by atoms with Crippen molar-refractivity contribution >= 4 is 11.2 Å². The third-order valence-electron chi connectivity index (χ3n) is 5.21. The lowest BCUT2D eigenvalue weighted by atomic mass is 10.0. The van der Waals surface area contributed by atoms with Gasteiger partial charge in [-0.25, -0.2) is 14.4 Å². The zero-order chi connectivity index (χ0) is 21.9. The van der Waals surface area contributed by atoms with Crippen LogP contribution in [0.15, 0.2) is 73.3 Å². The van der Waals surface area contributed by atoms with Crippen LogP contribution in [0.3, 0.4) is 0 Å². The topological polar surface area (TPSA) is 70.7 Å². The maximum atomic E-state index is 13.1. The Labute approximate surface area is 184 Å². The van der Waals surface area contributed by atoms with Gasteiger partial charge in [0, 0.05) is 43.0 Å². The predicted molar refractivity (Wildman–Crippen MR) is 120 cm³/mol. The minimum absolute atomic E-state index is 0.197. The Morgan fingerprint density at radius 1 is 0.969 bits per heavy atom. The quantitative estimate of drug-likeness (QED) is 0.383. The minimum atomic E-state index is -0.492. The van der Waals surface area contributed by atoms with Crippen LogP contribution >= 0.6 is 0 Å². The van der Waals surface area contributed by atoms with Gasteiger partial charge in [0.05, 0.1) is 6.54 Å². The Bertz CT molecular complexity index is 1340. The predicted octanol–water partition coefficient (Wildman–Crippen LogP) is 4.44. The minimum Gasteiger partial charge on any atom is -0.486 e. The normalized spacial score (nSPS) is 11.2. The summed E-state index contributed by atoms with van der Waals surface area (Å²) in [5.41, 5.74) is 5.37. The number of imidazole rings is 1. The monoisotopic (exact) mass is 428 g/mol. The number of aryl methyl sites for hydroxylation is 2. The van der Waals surface area contributed by atoms with E-state index in [0.717, 1.165) is 27.9 Å². The second-order valence-corrected chi connectivity index (χ2v) is 7.33. The summed E-state index contributed by atoms with van der Waals surface area (Å²) in [4.78, 5) is 13.0. The van der Waals surface area contributed by atoms with Crippen LogP contribution in [-0.2, 0) is 20.2 Å². The van der Waals surface area contributed by atoms with E-state index in [1.807, 2.05) is 61.8 Å². The van der Waals surface area contributed by atoms with Crippen molar-refractivity contribution in [3.8, 4) is 28.1 Å². The summed E-state index contributed by atoms with van der Waals surface area (Å²) in [6, 6.07) is 15.4. The van der Waals surface area contributed by atoms with Gasteiger partial charge in [-0.2, -0.15) is 5.10 Å². The molecule has 0 spiro atoms. The van der Waals surface area contributed by atoms with Crippen molar-refractivity contribution in [3.05, 3.63) is 79.1 Å². The van der Waals surface area contributed by atoms with Crippen molar-refractivity contribution in [2.24, 2.45) is 7.05 Å². The fourth-order valence-electron chi connectivity index (χ4n) is 3.74. The van der Waals surface area contributed by atoms with Crippen molar-refractivity contribution in [2.45, 2.75) is 13.2 Å². The van der Waals surface area contributed by atoms with Gasteiger partial charge in [0.1, 0.15) is 36.1 Å². The molecular formula is C24H21FN6O. The molecule has 0 aliphatic heterocycles. The van der Waals surface area contributed by atoms with Gasteiger partial charge >= 0.3 is 0 Å². The molecule has 0 saturated heterocycles. The van der Waals surface area contributed by atoms with Gasteiger partial charge in [0.25, 0.3) is 0 Å². The molecule has 0 unspecified atom stereocenters. The molecule has 0 bridgehead atoms. The van der Waals surface area contributed by atoms with E-state index in [0.29, 0.717) is 17.2 Å². The molecule has 7 nitrogen and oxygen atoms in total. The summed E-state index contributed by atoms with van der Waals surface area (Å²) in [7, 11) is 1.91. The van der Waals surface area contributed by atoms with E-state index in [-0.39, 0.29) is 13.2 Å². The van der Waals surface area contributed by atoms with Crippen molar-refractivity contribution in [1.82, 2.24) is 29.3 Å². The number of rotatable bonds is 7. The molecular weight excluding hydrogens is 407 g/mol. The van der Waals surface area contributed by atoms with Crippen LogP contribution in [0.2, 0.25) is 0 Å². The van der Waals surface area contributed by atoms with Crippen LogP contribution in [0.1, 0.15) is 5.82 Å². The summed E-state index contributed by atoms with van der Waals surface area (Å²) in [6.07, 6.45) is 7.22. The van der Waals surface area contributed by atoms with E-state index in [2.05, 4.69) is 20.1 Å². The maximum absolute atomic E-state index is 13.1. The van der Waals surface area contributed by atoms with E-state index in [1.165, 1.54) is 0 Å². The fourth-order valence-corrected chi connectivity index (χ4v) is 3.74. The van der Waals surface area contributed by atoms with E-state index in [1.54, 1.807) is 27.8 Å². The van der Waals surface area contributed by atoms with Crippen molar-refractivity contribution in [3.63, 3.8) is 0 Å². The standard InChI is InChI=1S/C24H21FN6O/c1-30-15-20(17-8-12-26-13-9-17)23(29-30)18-4-6-19(7-5-18)32-16-22-28-21-3-2-11-27-24(21)31(22)14-10-25/h2-9,11-13,15H,10,14,16H2,1H3. The molecule has 0 N–H and O–H groups in total. The highest BCUT2D eigenvalue weighted by atomic mass is 19.1. The molecule has 0 fully saturated rings. The maximum Gasteiger partial charge on any atom is 0.160 e. The average Bonchev–Trinajstić information content (AvgIpc) is 3.39.